The molecule has 0 amide bonds. The molecular weight excluding hydrogens is 344 g/mol. The van der Waals surface area contributed by atoms with Crippen molar-refractivity contribution >= 4 is 37.4 Å². The SMILES string of the molecule is CC(C)(C)c1nc2ccc(S(=O)(=O)N3CCn4nccc43)cc2s1. The van der Waals surface area contributed by atoms with Crippen LogP contribution in [-0.2, 0) is 22.0 Å². The minimum absolute atomic E-state index is 0.0514. The molecule has 3 heterocycles. The summed E-state index contributed by atoms with van der Waals surface area (Å²) < 4.78 is 30.1. The molecule has 0 spiro atoms. The number of fused-ring (bicyclic) bond motifs is 2. The van der Waals surface area contributed by atoms with E-state index in [-0.39, 0.29) is 5.41 Å². The van der Waals surface area contributed by atoms with Crippen molar-refractivity contribution in [3.8, 4) is 0 Å². The van der Waals surface area contributed by atoms with Crippen molar-refractivity contribution in [1.82, 2.24) is 14.8 Å². The molecule has 0 N–H and O–H groups in total. The van der Waals surface area contributed by atoms with E-state index in [9.17, 15) is 8.42 Å². The van der Waals surface area contributed by atoms with Gasteiger partial charge in [0.25, 0.3) is 10.0 Å². The lowest BCUT2D eigenvalue weighted by molar-refractivity contribution is 0.587. The molecule has 1 aliphatic heterocycles. The number of benzene rings is 1. The number of aromatic nitrogens is 3. The highest BCUT2D eigenvalue weighted by molar-refractivity contribution is 7.92. The fraction of sp³-hybridized carbons (Fsp3) is 0.375. The largest absolute Gasteiger partial charge is 0.265 e. The van der Waals surface area contributed by atoms with Gasteiger partial charge in [-0.2, -0.15) is 5.10 Å². The van der Waals surface area contributed by atoms with E-state index in [1.165, 1.54) is 4.31 Å². The predicted molar refractivity (Wildman–Crippen MR) is 95.1 cm³/mol. The average molecular weight is 362 g/mol. The number of hydrogen-bond acceptors (Lipinski definition) is 5. The Morgan fingerprint density at radius 2 is 1.96 bits per heavy atom. The predicted octanol–water partition coefficient (Wildman–Crippen LogP) is 3.00. The van der Waals surface area contributed by atoms with Crippen LogP contribution in [0.1, 0.15) is 25.8 Å². The fourth-order valence-corrected chi connectivity index (χ4v) is 5.39. The zero-order valence-electron chi connectivity index (χ0n) is 13.7. The van der Waals surface area contributed by atoms with Crippen LogP contribution in [0.2, 0.25) is 0 Å². The minimum atomic E-state index is -3.59. The van der Waals surface area contributed by atoms with Crippen LogP contribution in [0.15, 0.2) is 35.4 Å². The first-order valence-electron chi connectivity index (χ1n) is 7.72. The van der Waals surface area contributed by atoms with Gasteiger partial charge >= 0.3 is 0 Å². The van der Waals surface area contributed by atoms with Crippen molar-refractivity contribution < 1.29 is 8.42 Å². The van der Waals surface area contributed by atoms with Crippen LogP contribution < -0.4 is 4.31 Å². The molecule has 3 aromatic rings. The van der Waals surface area contributed by atoms with Crippen LogP contribution in [0.25, 0.3) is 10.2 Å². The molecule has 1 aliphatic rings. The summed E-state index contributed by atoms with van der Waals surface area (Å²) >= 11 is 1.55. The first kappa shape index (κ1) is 15.6. The number of nitrogens with zero attached hydrogens (tertiary/aromatic N) is 4. The molecule has 6 nitrogen and oxygen atoms in total. The fourth-order valence-electron chi connectivity index (χ4n) is 2.77. The second-order valence-electron chi connectivity index (χ2n) is 6.89. The molecule has 24 heavy (non-hydrogen) atoms. The van der Waals surface area contributed by atoms with Gasteiger partial charge in [0.05, 0.1) is 39.4 Å². The van der Waals surface area contributed by atoms with Gasteiger partial charge in [0.15, 0.2) is 0 Å². The van der Waals surface area contributed by atoms with Gasteiger partial charge in [0, 0.05) is 11.5 Å². The maximum absolute atomic E-state index is 13.0. The van der Waals surface area contributed by atoms with Gasteiger partial charge in [-0.05, 0) is 18.2 Å². The van der Waals surface area contributed by atoms with E-state index in [0.29, 0.717) is 23.8 Å². The Kier molecular flexibility index (Phi) is 3.27. The lowest BCUT2D eigenvalue weighted by Gasteiger charge is -2.17. The van der Waals surface area contributed by atoms with Crippen LogP contribution in [0.5, 0.6) is 0 Å². The topological polar surface area (TPSA) is 68.1 Å². The summed E-state index contributed by atoms with van der Waals surface area (Å²) in [6.07, 6.45) is 1.62. The average Bonchev–Trinajstić information content (AvgIpc) is 3.19. The maximum atomic E-state index is 13.0. The van der Waals surface area contributed by atoms with E-state index in [4.69, 9.17) is 0 Å². The molecule has 0 saturated heterocycles. The number of rotatable bonds is 2. The van der Waals surface area contributed by atoms with Crippen molar-refractivity contribution in [1.29, 1.82) is 0 Å². The molecule has 0 fully saturated rings. The van der Waals surface area contributed by atoms with E-state index < -0.39 is 10.0 Å². The molecule has 0 saturated carbocycles. The molecular formula is C16H18N4O2S2. The molecule has 126 valence electrons. The molecule has 4 rings (SSSR count). The number of thiazole rings is 1. The Morgan fingerprint density at radius 3 is 2.71 bits per heavy atom. The van der Waals surface area contributed by atoms with Gasteiger partial charge in [0.1, 0.15) is 5.82 Å². The molecule has 8 heteroatoms. The zero-order valence-corrected chi connectivity index (χ0v) is 15.4. The van der Waals surface area contributed by atoms with Crippen LogP contribution in [0, 0.1) is 0 Å². The van der Waals surface area contributed by atoms with Crippen molar-refractivity contribution in [2.24, 2.45) is 0 Å². The standard InChI is InChI=1S/C16H18N4O2S2/c1-16(2,3)15-18-12-5-4-11(10-13(12)23-15)24(21,22)20-9-8-19-14(20)6-7-17-19/h4-7,10H,8-9H2,1-3H3. The summed E-state index contributed by atoms with van der Waals surface area (Å²) in [5, 5.41) is 5.14. The Balaban J connectivity index is 1.79. The first-order chi connectivity index (χ1) is 11.3. The van der Waals surface area contributed by atoms with Gasteiger partial charge in [-0.3, -0.25) is 0 Å². The summed E-state index contributed by atoms with van der Waals surface area (Å²) in [5.41, 5.74) is 0.791. The van der Waals surface area contributed by atoms with Crippen LogP contribution in [0.3, 0.4) is 0 Å². The van der Waals surface area contributed by atoms with Crippen LogP contribution in [-0.4, -0.2) is 29.7 Å². The Bertz CT molecular complexity index is 1030. The van der Waals surface area contributed by atoms with Gasteiger partial charge in [-0.15, -0.1) is 11.3 Å². The summed E-state index contributed by atoms with van der Waals surface area (Å²) in [4.78, 5) is 4.93. The van der Waals surface area contributed by atoms with Crippen LogP contribution >= 0.6 is 11.3 Å². The smallest absolute Gasteiger partial charge is 0.248 e. The highest BCUT2D eigenvalue weighted by Gasteiger charge is 2.32. The quantitative estimate of drug-likeness (QED) is 0.703. The second kappa shape index (κ2) is 5.03. The highest BCUT2D eigenvalue weighted by Crippen LogP contribution is 2.34. The van der Waals surface area contributed by atoms with E-state index in [1.54, 1.807) is 46.5 Å². The summed E-state index contributed by atoms with van der Waals surface area (Å²) in [6, 6.07) is 6.90. The minimum Gasteiger partial charge on any atom is -0.248 e. The molecule has 0 bridgehead atoms. The van der Waals surface area contributed by atoms with E-state index in [0.717, 1.165) is 15.2 Å². The van der Waals surface area contributed by atoms with Crippen LogP contribution in [0.4, 0.5) is 5.82 Å². The lowest BCUT2D eigenvalue weighted by atomic mass is 9.98. The molecule has 1 aromatic carbocycles. The second-order valence-corrected chi connectivity index (χ2v) is 9.78. The number of sulfonamides is 1. The molecule has 0 atom stereocenters. The summed E-state index contributed by atoms with van der Waals surface area (Å²) in [5.74, 6) is 0.620. The Hall–Kier alpha value is -1.93. The van der Waals surface area contributed by atoms with Crippen molar-refractivity contribution in [3.05, 3.63) is 35.5 Å². The third-order valence-electron chi connectivity index (χ3n) is 4.05. The molecule has 0 aliphatic carbocycles. The number of hydrogen-bond donors (Lipinski definition) is 0. The monoisotopic (exact) mass is 362 g/mol. The molecule has 0 unspecified atom stereocenters. The van der Waals surface area contributed by atoms with E-state index in [2.05, 4.69) is 30.9 Å². The lowest BCUT2D eigenvalue weighted by Crippen LogP contribution is -2.28. The maximum Gasteiger partial charge on any atom is 0.265 e. The Morgan fingerprint density at radius 1 is 1.17 bits per heavy atom. The van der Waals surface area contributed by atoms with Gasteiger partial charge in [-0.1, -0.05) is 20.8 Å². The summed E-state index contributed by atoms with van der Waals surface area (Å²) in [6.45, 7) is 7.31. The Labute approximate surface area is 144 Å². The van der Waals surface area contributed by atoms with Crippen molar-refractivity contribution in [3.63, 3.8) is 0 Å². The van der Waals surface area contributed by atoms with Crippen molar-refractivity contribution in [2.75, 3.05) is 10.8 Å². The molecule has 0 radical (unpaired) electrons. The van der Waals surface area contributed by atoms with Crippen molar-refractivity contribution in [2.45, 2.75) is 37.6 Å². The first-order valence-corrected chi connectivity index (χ1v) is 9.98. The molecule has 2 aromatic heterocycles. The third-order valence-corrected chi connectivity index (χ3v) is 7.30. The normalized spacial score (nSPS) is 15.2. The third kappa shape index (κ3) is 2.32. The number of anilines is 1. The van der Waals surface area contributed by atoms with Gasteiger partial charge in [0.2, 0.25) is 0 Å². The van der Waals surface area contributed by atoms with E-state index in [1.807, 2.05) is 0 Å². The highest BCUT2D eigenvalue weighted by atomic mass is 32.2. The van der Waals surface area contributed by atoms with Gasteiger partial charge in [-0.25, -0.2) is 22.4 Å². The van der Waals surface area contributed by atoms with Gasteiger partial charge < -0.3 is 0 Å². The summed E-state index contributed by atoms with van der Waals surface area (Å²) in [7, 11) is -3.59. The van der Waals surface area contributed by atoms with E-state index >= 15 is 0 Å². The zero-order chi connectivity index (χ0) is 17.1.